The van der Waals surface area contributed by atoms with E-state index in [0.29, 0.717) is 11.3 Å². The summed E-state index contributed by atoms with van der Waals surface area (Å²) in [6.07, 6.45) is -5.08. The van der Waals surface area contributed by atoms with Gasteiger partial charge in [0.05, 0.1) is 29.3 Å². The number of sulfonamides is 1. The average Bonchev–Trinajstić information content (AvgIpc) is 2.82. The minimum absolute atomic E-state index is 0.0267. The van der Waals surface area contributed by atoms with Gasteiger partial charge in [0.1, 0.15) is 5.75 Å². The van der Waals surface area contributed by atoms with Crippen LogP contribution in [0.1, 0.15) is 23.6 Å². The van der Waals surface area contributed by atoms with Crippen LogP contribution in [0.25, 0.3) is 0 Å². The lowest BCUT2D eigenvalue weighted by Gasteiger charge is -2.28. The first-order valence-electron chi connectivity index (χ1n) is 10.2. The van der Waals surface area contributed by atoms with Gasteiger partial charge in [-0.25, -0.2) is 8.42 Å². The van der Waals surface area contributed by atoms with Crippen molar-refractivity contribution in [2.24, 2.45) is 0 Å². The molecule has 0 aliphatic heterocycles. The minimum atomic E-state index is -4.66. The zero-order chi connectivity index (χ0) is 24.9. The van der Waals surface area contributed by atoms with Crippen LogP contribution in [0.2, 0.25) is 0 Å². The molecular weight excluding hydrogens is 469 g/mol. The second-order valence-corrected chi connectivity index (χ2v) is 9.42. The molecule has 1 atom stereocenters. The zero-order valence-corrected chi connectivity index (χ0v) is 19.2. The Kier molecular flexibility index (Phi) is 7.63. The predicted octanol–water partition coefficient (Wildman–Crippen LogP) is 5.10. The Labute approximate surface area is 196 Å². The van der Waals surface area contributed by atoms with Gasteiger partial charge in [-0.15, -0.1) is 0 Å². The monoisotopic (exact) mass is 492 g/mol. The van der Waals surface area contributed by atoms with E-state index < -0.39 is 45.8 Å². The Balaban J connectivity index is 1.94. The molecule has 0 heterocycles. The van der Waals surface area contributed by atoms with Crippen molar-refractivity contribution in [1.82, 2.24) is 4.31 Å². The number of hydrogen-bond donors (Lipinski definition) is 1. The minimum Gasteiger partial charge on any atom is -0.497 e. The van der Waals surface area contributed by atoms with Crippen molar-refractivity contribution in [2.45, 2.75) is 23.5 Å². The van der Waals surface area contributed by atoms with Gasteiger partial charge in [0.15, 0.2) is 0 Å². The van der Waals surface area contributed by atoms with Crippen LogP contribution in [0.15, 0.2) is 83.8 Å². The Bertz CT molecular complexity index is 1230. The Morgan fingerprint density at radius 2 is 1.56 bits per heavy atom. The highest BCUT2D eigenvalue weighted by Gasteiger charge is 2.35. The number of nitrogens with one attached hydrogen (secondary N) is 1. The van der Waals surface area contributed by atoms with Crippen molar-refractivity contribution in [3.8, 4) is 5.75 Å². The molecule has 0 aliphatic carbocycles. The highest BCUT2D eigenvalue weighted by molar-refractivity contribution is 7.89. The number of amides is 1. The SMILES string of the molecule is COc1ccc([C@H](CC(=O)Nc2ccccc2C(F)(F)F)N(C)S(=O)(=O)c2ccccc2)cc1. The Hall–Kier alpha value is -3.37. The summed E-state index contributed by atoms with van der Waals surface area (Å²) in [6.45, 7) is 0. The molecule has 0 saturated heterocycles. The number of methoxy groups -OCH3 is 1. The fourth-order valence-corrected chi connectivity index (χ4v) is 4.79. The number of hydrogen-bond acceptors (Lipinski definition) is 4. The maximum absolute atomic E-state index is 13.3. The fraction of sp³-hybridized carbons (Fsp3) is 0.208. The number of halogens is 3. The molecule has 10 heteroatoms. The first kappa shape index (κ1) is 25.3. The summed E-state index contributed by atoms with van der Waals surface area (Å²) in [5, 5.41) is 2.28. The molecule has 6 nitrogen and oxygen atoms in total. The van der Waals surface area contributed by atoms with Gasteiger partial charge >= 0.3 is 6.18 Å². The number of rotatable bonds is 8. The Morgan fingerprint density at radius 1 is 0.971 bits per heavy atom. The van der Waals surface area contributed by atoms with Crippen LogP contribution in [0.5, 0.6) is 5.75 Å². The summed E-state index contributed by atoms with van der Waals surface area (Å²) in [4.78, 5) is 12.9. The summed E-state index contributed by atoms with van der Waals surface area (Å²) in [5.41, 5.74) is -0.918. The number of ether oxygens (including phenoxy) is 1. The standard InChI is InChI=1S/C24H23F3N2O4S/c1-29(34(31,32)19-8-4-3-5-9-19)22(17-12-14-18(33-2)15-13-17)16-23(30)28-21-11-7-6-10-20(21)24(25,26)27/h3-15,22H,16H2,1-2H3,(H,28,30)/t22-/m0/s1. The van der Waals surface area contributed by atoms with E-state index in [2.05, 4.69) is 5.32 Å². The molecule has 3 rings (SSSR count). The highest BCUT2D eigenvalue weighted by atomic mass is 32.2. The van der Waals surface area contributed by atoms with Gasteiger partial charge in [-0.1, -0.05) is 42.5 Å². The first-order chi connectivity index (χ1) is 16.0. The first-order valence-corrected chi connectivity index (χ1v) is 11.6. The Morgan fingerprint density at radius 3 is 2.15 bits per heavy atom. The molecule has 3 aromatic carbocycles. The van der Waals surface area contributed by atoms with Crippen molar-refractivity contribution in [2.75, 3.05) is 19.5 Å². The largest absolute Gasteiger partial charge is 0.497 e. The number of para-hydroxylation sites is 1. The van der Waals surface area contributed by atoms with E-state index in [0.717, 1.165) is 16.4 Å². The normalized spacial score (nSPS) is 12.9. The molecule has 3 aromatic rings. The van der Waals surface area contributed by atoms with Gasteiger partial charge in [-0.2, -0.15) is 17.5 Å². The van der Waals surface area contributed by atoms with Gasteiger partial charge in [0.2, 0.25) is 15.9 Å². The molecule has 0 saturated carbocycles. The summed E-state index contributed by atoms with van der Waals surface area (Å²) in [6, 6.07) is 17.7. The van der Waals surface area contributed by atoms with E-state index >= 15 is 0 Å². The van der Waals surface area contributed by atoms with E-state index in [9.17, 15) is 26.4 Å². The molecule has 0 spiro atoms. The van der Waals surface area contributed by atoms with Gasteiger partial charge in [-0.05, 0) is 42.0 Å². The van der Waals surface area contributed by atoms with Crippen molar-refractivity contribution in [1.29, 1.82) is 0 Å². The van der Waals surface area contributed by atoms with E-state index in [1.54, 1.807) is 42.5 Å². The summed E-state index contributed by atoms with van der Waals surface area (Å²) in [5.74, 6) is -0.243. The molecular formula is C24H23F3N2O4S. The molecule has 1 N–H and O–H groups in total. The smallest absolute Gasteiger partial charge is 0.418 e. The molecule has 0 aliphatic rings. The van der Waals surface area contributed by atoms with Crippen molar-refractivity contribution in [3.63, 3.8) is 0 Å². The second-order valence-electron chi connectivity index (χ2n) is 7.42. The maximum Gasteiger partial charge on any atom is 0.418 e. The average molecular weight is 493 g/mol. The number of anilines is 1. The molecule has 34 heavy (non-hydrogen) atoms. The van der Waals surface area contributed by atoms with Gasteiger partial charge < -0.3 is 10.1 Å². The van der Waals surface area contributed by atoms with E-state index in [-0.39, 0.29) is 4.90 Å². The highest BCUT2D eigenvalue weighted by Crippen LogP contribution is 2.35. The van der Waals surface area contributed by atoms with Crippen molar-refractivity contribution < 1.29 is 31.1 Å². The van der Waals surface area contributed by atoms with E-state index in [1.807, 2.05) is 0 Å². The number of carbonyl (C=O) groups is 1. The van der Waals surface area contributed by atoms with Gasteiger partial charge in [-0.3, -0.25) is 4.79 Å². The predicted molar refractivity (Wildman–Crippen MR) is 122 cm³/mol. The topological polar surface area (TPSA) is 75.7 Å². The molecule has 0 radical (unpaired) electrons. The summed E-state index contributed by atoms with van der Waals surface area (Å²) in [7, 11) is -1.21. The molecule has 1 amide bonds. The van der Waals surface area contributed by atoms with Gasteiger partial charge in [0.25, 0.3) is 0 Å². The van der Waals surface area contributed by atoms with Crippen LogP contribution in [0.4, 0.5) is 18.9 Å². The lowest BCUT2D eigenvalue weighted by molar-refractivity contribution is -0.137. The molecule has 0 bridgehead atoms. The van der Waals surface area contributed by atoms with Crippen LogP contribution in [0.3, 0.4) is 0 Å². The van der Waals surface area contributed by atoms with Gasteiger partial charge in [0, 0.05) is 13.5 Å². The molecule has 180 valence electrons. The van der Waals surface area contributed by atoms with E-state index in [4.69, 9.17) is 4.74 Å². The molecule has 0 unspecified atom stereocenters. The lowest BCUT2D eigenvalue weighted by atomic mass is 10.0. The zero-order valence-electron chi connectivity index (χ0n) is 18.4. The van der Waals surface area contributed by atoms with Crippen LogP contribution < -0.4 is 10.1 Å². The van der Waals surface area contributed by atoms with Crippen LogP contribution in [0, 0.1) is 0 Å². The third-order valence-electron chi connectivity index (χ3n) is 5.24. The fourth-order valence-electron chi connectivity index (χ4n) is 3.42. The maximum atomic E-state index is 13.3. The van der Waals surface area contributed by atoms with E-state index in [1.165, 1.54) is 38.4 Å². The number of carbonyl (C=O) groups excluding carboxylic acids is 1. The van der Waals surface area contributed by atoms with Crippen molar-refractivity contribution >= 4 is 21.6 Å². The van der Waals surface area contributed by atoms with Crippen LogP contribution in [-0.4, -0.2) is 32.8 Å². The molecule has 0 fully saturated rings. The quantitative estimate of drug-likeness (QED) is 0.475. The number of alkyl halides is 3. The lowest BCUT2D eigenvalue weighted by Crippen LogP contribution is -2.34. The summed E-state index contributed by atoms with van der Waals surface area (Å²) < 4.78 is 72.6. The van der Waals surface area contributed by atoms with Crippen LogP contribution in [-0.2, 0) is 21.0 Å². The third-order valence-corrected chi connectivity index (χ3v) is 7.13. The second kappa shape index (κ2) is 10.3. The van der Waals surface area contributed by atoms with Crippen molar-refractivity contribution in [3.05, 3.63) is 90.0 Å². The number of benzene rings is 3. The molecule has 0 aromatic heterocycles. The van der Waals surface area contributed by atoms with Crippen LogP contribution >= 0.6 is 0 Å². The number of nitrogens with zero attached hydrogens (tertiary/aromatic N) is 1. The summed E-state index contributed by atoms with van der Waals surface area (Å²) >= 11 is 0. The third kappa shape index (κ3) is 5.75.